The fourth-order valence-corrected chi connectivity index (χ4v) is 2.55. The highest BCUT2D eigenvalue weighted by Gasteiger charge is 2.27. The zero-order chi connectivity index (χ0) is 13.7. The molecule has 1 aromatic rings. The van der Waals surface area contributed by atoms with E-state index in [0.29, 0.717) is 18.9 Å². The lowest BCUT2D eigenvalue weighted by molar-refractivity contribution is 0.176. The first kappa shape index (κ1) is 14.4. The molecule has 106 valence electrons. The molecular weight excluding hydrogens is 248 g/mol. The van der Waals surface area contributed by atoms with Crippen LogP contribution in [-0.4, -0.2) is 25.8 Å². The summed E-state index contributed by atoms with van der Waals surface area (Å²) in [5, 5.41) is 3.40. The molecule has 0 radical (unpaired) electrons. The van der Waals surface area contributed by atoms with Crippen LogP contribution < -0.4 is 5.32 Å². The monoisotopic (exact) mass is 269 g/mol. The molecule has 0 aromatic heterocycles. The molecule has 0 saturated carbocycles. The van der Waals surface area contributed by atoms with Crippen molar-refractivity contribution >= 4 is 0 Å². The minimum atomic E-state index is -0.456. The van der Waals surface area contributed by atoms with Gasteiger partial charge in [0.1, 0.15) is 11.6 Å². The Morgan fingerprint density at radius 3 is 2.68 bits per heavy atom. The van der Waals surface area contributed by atoms with Gasteiger partial charge in [0.2, 0.25) is 0 Å². The summed E-state index contributed by atoms with van der Waals surface area (Å²) >= 11 is 0. The normalized spacial score (nSPS) is 20.7. The molecular formula is C15H21F2NO. The highest BCUT2D eigenvalue weighted by atomic mass is 19.1. The predicted molar refractivity (Wildman–Crippen MR) is 71.1 cm³/mol. The van der Waals surface area contributed by atoms with E-state index < -0.39 is 11.6 Å². The Morgan fingerprint density at radius 1 is 1.37 bits per heavy atom. The molecule has 1 heterocycles. The van der Waals surface area contributed by atoms with Gasteiger partial charge in [-0.1, -0.05) is 13.0 Å². The molecule has 2 rings (SSSR count). The number of ether oxygens (including phenoxy) is 1. The Morgan fingerprint density at radius 2 is 2.11 bits per heavy atom. The third kappa shape index (κ3) is 3.74. The standard InChI is InChI=1S/C15H21F2NO/c1-2-7-18-15(11-6-8-19-10-11)9-12-13(16)4-3-5-14(12)17/h3-5,11,15,18H,2,6-10H2,1H3. The van der Waals surface area contributed by atoms with Gasteiger partial charge in [0, 0.05) is 24.1 Å². The Kier molecular flexibility index (Phi) is 5.28. The average molecular weight is 269 g/mol. The average Bonchev–Trinajstić information content (AvgIpc) is 2.91. The molecule has 2 nitrogen and oxygen atoms in total. The Balaban J connectivity index is 2.10. The van der Waals surface area contributed by atoms with Gasteiger partial charge in [-0.2, -0.15) is 0 Å². The van der Waals surface area contributed by atoms with Crippen LogP contribution in [0.15, 0.2) is 18.2 Å². The zero-order valence-electron chi connectivity index (χ0n) is 11.3. The summed E-state index contributed by atoms with van der Waals surface area (Å²) < 4.78 is 32.8. The number of halogens is 2. The quantitative estimate of drug-likeness (QED) is 0.857. The Bertz CT molecular complexity index is 385. The van der Waals surface area contributed by atoms with Crippen LogP contribution in [0.25, 0.3) is 0 Å². The predicted octanol–water partition coefficient (Wildman–Crippen LogP) is 2.91. The largest absolute Gasteiger partial charge is 0.381 e. The second kappa shape index (κ2) is 6.96. The van der Waals surface area contributed by atoms with Crippen LogP contribution in [-0.2, 0) is 11.2 Å². The van der Waals surface area contributed by atoms with E-state index in [1.54, 1.807) is 0 Å². The first-order valence-corrected chi connectivity index (χ1v) is 6.96. The number of hydrogen-bond donors (Lipinski definition) is 1. The maximum Gasteiger partial charge on any atom is 0.129 e. The second-order valence-corrected chi connectivity index (χ2v) is 5.09. The highest BCUT2D eigenvalue weighted by molar-refractivity contribution is 5.21. The molecule has 2 atom stereocenters. The minimum Gasteiger partial charge on any atom is -0.381 e. The first-order valence-electron chi connectivity index (χ1n) is 6.96. The van der Waals surface area contributed by atoms with Gasteiger partial charge in [0.25, 0.3) is 0 Å². The van der Waals surface area contributed by atoms with Crippen molar-refractivity contribution in [1.82, 2.24) is 5.32 Å². The van der Waals surface area contributed by atoms with Crippen LogP contribution in [0.4, 0.5) is 8.78 Å². The summed E-state index contributed by atoms with van der Waals surface area (Å²) in [6, 6.07) is 4.12. The lowest BCUT2D eigenvalue weighted by Crippen LogP contribution is -2.39. The van der Waals surface area contributed by atoms with Gasteiger partial charge >= 0.3 is 0 Å². The molecule has 19 heavy (non-hydrogen) atoms. The fraction of sp³-hybridized carbons (Fsp3) is 0.600. The number of benzene rings is 1. The highest BCUT2D eigenvalue weighted by Crippen LogP contribution is 2.22. The van der Waals surface area contributed by atoms with E-state index in [1.165, 1.54) is 18.2 Å². The third-order valence-electron chi connectivity index (χ3n) is 3.68. The van der Waals surface area contributed by atoms with Crippen LogP contribution in [0.3, 0.4) is 0 Å². The molecule has 1 aromatic carbocycles. The van der Waals surface area contributed by atoms with Gasteiger partial charge in [-0.25, -0.2) is 8.78 Å². The van der Waals surface area contributed by atoms with Crippen molar-refractivity contribution in [2.24, 2.45) is 5.92 Å². The molecule has 1 aliphatic rings. The zero-order valence-corrected chi connectivity index (χ0v) is 11.3. The van der Waals surface area contributed by atoms with E-state index in [1.807, 2.05) is 0 Å². The van der Waals surface area contributed by atoms with Crippen molar-refractivity contribution < 1.29 is 13.5 Å². The lowest BCUT2D eigenvalue weighted by atomic mass is 9.92. The Hall–Kier alpha value is -1.00. The van der Waals surface area contributed by atoms with Crippen molar-refractivity contribution in [3.63, 3.8) is 0 Å². The molecule has 1 fully saturated rings. The molecule has 1 N–H and O–H groups in total. The van der Waals surface area contributed by atoms with E-state index >= 15 is 0 Å². The smallest absolute Gasteiger partial charge is 0.129 e. The molecule has 0 bridgehead atoms. The van der Waals surface area contributed by atoms with Gasteiger partial charge in [0.15, 0.2) is 0 Å². The van der Waals surface area contributed by atoms with Gasteiger partial charge < -0.3 is 10.1 Å². The van der Waals surface area contributed by atoms with E-state index in [4.69, 9.17) is 4.74 Å². The van der Waals surface area contributed by atoms with E-state index in [0.717, 1.165) is 26.0 Å². The molecule has 1 saturated heterocycles. The van der Waals surface area contributed by atoms with Crippen LogP contribution in [0.1, 0.15) is 25.3 Å². The van der Waals surface area contributed by atoms with Gasteiger partial charge in [-0.15, -0.1) is 0 Å². The summed E-state index contributed by atoms with van der Waals surface area (Å²) in [6.07, 6.45) is 2.34. The molecule has 0 aliphatic carbocycles. The van der Waals surface area contributed by atoms with Gasteiger partial charge in [-0.3, -0.25) is 0 Å². The SMILES string of the molecule is CCCNC(Cc1c(F)cccc1F)C1CCOC1. The Labute approximate surface area is 113 Å². The second-order valence-electron chi connectivity index (χ2n) is 5.09. The summed E-state index contributed by atoms with van der Waals surface area (Å²) in [7, 11) is 0. The number of hydrogen-bond acceptors (Lipinski definition) is 2. The summed E-state index contributed by atoms with van der Waals surface area (Å²) in [4.78, 5) is 0. The van der Waals surface area contributed by atoms with Crippen LogP contribution in [0, 0.1) is 17.6 Å². The maximum atomic E-state index is 13.7. The van der Waals surface area contributed by atoms with Crippen LogP contribution in [0.5, 0.6) is 0 Å². The lowest BCUT2D eigenvalue weighted by Gasteiger charge is -2.24. The van der Waals surface area contributed by atoms with Crippen molar-refractivity contribution in [2.45, 2.75) is 32.2 Å². The van der Waals surface area contributed by atoms with Crippen molar-refractivity contribution in [3.8, 4) is 0 Å². The fourth-order valence-electron chi connectivity index (χ4n) is 2.55. The summed E-state index contributed by atoms with van der Waals surface area (Å²) in [5.74, 6) is -0.574. The van der Waals surface area contributed by atoms with Gasteiger partial charge in [-0.05, 0) is 37.9 Å². The maximum absolute atomic E-state index is 13.7. The molecule has 4 heteroatoms. The van der Waals surface area contributed by atoms with Crippen LogP contribution in [0.2, 0.25) is 0 Å². The minimum absolute atomic E-state index is 0.0776. The summed E-state index contributed by atoms with van der Waals surface area (Å²) in [5.41, 5.74) is 0.183. The topological polar surface area (TPSA) is 21.3 Å². The molecule has 0 spiro atoms. The number of rotatable bonds is 6. The van der Waals surface area contributed by atoms with E-state index in [9.17, 15) is 8.78 Å². The van der Waals surface area contributed by atoms with Crippen molar-refractivity contribution in [3.05, 3.63) is 35.4 Å². The third-order valence-corrected chi connectivity index (χ3v) is 3.68. The molecule has 0 amide bonds. The molecule has 2 unspecified atom stereocenters. The van der Waals surface area contributed by atoms with E-state index in [2.05, 4.69) is 12.2 Å². The molecule has 1 aliphatic heterocycles. The first-order chi connectivity index (χ1) is 9.22. The number of nitrogens with one attached hydrogen (secondary N) is 1. The summed E-state index contributed by atoms with van der Waals surface area (Å²) in [6.45, 7) is 4.36. The van der Waals surface area contributed by atoms with Gasteiger partial charge in [0.05, 0.1) is 6.61 Å². The van der Waals surface area contributed by atoms with Crippen molar-refractivity contribution in [1.29, 1.82) is 0 Å². The van der Waals surface area contributed by atoms with Crippen molar-refractivity contribution in [2.75, 3.05) is 19.8 Å². The van der Waals surface area contributed by atoms with Crippen LogP contribution >= 0.6 is 0 Å². The van der Waals surface area contributed by atoms with E-state index in [-0.39, 0.29) is 11.6 Å².